The minimum Gasteiger partial charge on any atom is -0.422 e. The molecule has 2 aromatic carbocycles. The summed E-state index contributed by atoms with van der Waals surface area (Å²) in [7, 11) is 0. The van der Waals surface area contributed by atoms with Gasteiger partial charge in [-0.3, -0.25) is 4.90 Å². The van der Waals surface area contributed by atoms with Crippen molar-refractivity contribution < 1.29 is 14.3 Å². The molecule has 0 bridgehead atoms. The van der Waals surface area contributed by atoms with Gasteiger partial charge in [0.15, 0.2) is 0 Å². The quantitative estimate of drug-likeness (QED) is 0.638. The lowest BCUT2D eigenvalue weighted by molar-refractivity contribution is 0.0342. The number of esters is 1. The van der Waals surface area contributed by atoms with Crippen LogP contribution in [0.25, 0.3) is 0 Å². The van der Waals surface area contributed by atoms with Gasteiger partial charge in [0.25, 0.3) is 0 Å². The van der Waals surface area contributed by atoms with Gasteiger partial charge in [-0.05, 0) is 42.7 Å². The van der Waals surface area contributed by atoms with Crippen LogP contribution >= 0.6 is 0 Å². The first-order valence-electron chi connectivity index (χ1n) is 8.31. The van der Waals surface area contributed by atoms with Gasteiger partial charge in [-0.25, -0.2) is 4.79 Å². The molecule has 0 aliphatic carbocycles. The van der Waals surface area contributed by atoms with Crippen LogP contribution in [-0.4, -0.2) is 37.2 Å². The molecule has 0 radical (unpaired) electrons. The zero-order chi connectivity index (χ0) is 16.9. The summed E-state index contributed by atoms with van der Waals surface area (Å²) in [4.78, 5) is 14.7. The number of carbonyl (C=O) groups excluding carboxylic acids is 1. The minimum absolute atomic E-state index is 0.315. The fourth-order valence-corrected chi connectivity index (χ4v) is 2.88. The summed E-state index contributed by atoms with van der Waals surface area (Å²) in [6, 6.07) is 13.5. The lowest BCUT2D eigenvalue weighted by atomic mass is 10.1. The molecule has 0 saturated carbocycles. The van der Waals surface area contributed by atoms with Crippen LogP contribution in [0.1, 0.15) is 27.0 Å². The van der Waals surface area contributed by atoms with Gasteiger partial charge in [-0.1, -0.05) is 30.3 Å². The average Bonchev–Trinajstić information content (AvgIpc) is 2.60. The Hall–Kier alpha value is -2.17. The number of para-hydroxylation sites is 1. The molecule has 1 aliphatic rings. The number of ether oxygens (including phenoxy) is 2. The molecule has 3 rings (SSSR count). The molecule has 4 nitrogen and oxygen atoms in total. The second-order valence-electron chi connectivity index (χ2n) is 6.20. The number of morpholine rings is 1. The number of hydrogen-bond donors (Lipinski definition) is 0. The highest BCUT2D eigenvalue weighted by Crippen LogP contribution is 2.23. The van der Waals surface area contributed by atoms with E-state index < -0.39 is 0 Å². The molecule has 1 aliphatic heterocycles. The van der Waals surface area contributed by atoms with Crippen LogP contribution in [0.15, 0.2) is 42.5 Å². The highest BCUT2D eigenvalue weighted by molar-refractivity contribution is 5.91. The first-order chi connectivity index (χ1) is 11.6. The summed E-state index contributed by atoms with van der Waals surface area (Å²) < 4.78 is 10.9. The van der Waals surface area contributed by atoms with E-state index in [2.05, 4.69) is 4.90 Å². The third kappa shape index (κ3) is 4.02. The number of aryl methyl sites for hydroxylation is 2. The van der Waals surface area contributed by atoms with E-state index in [1.54, 1.807) is 0 Å². The van der Waals surface area contributed by atoms with E-state index in [1.165, 1.54) is 5.56 Å². The maximum Gasteiger partial charge on any atom is 0.343 e. The van der Waals surface area contributed by atoms with Gasteiger partial charge in [0, 0.05) is 19.6 Å². The first kappa shape index (κ1) is 16.7. The number of hydrogen-bond acceptors (Lipinski definition) is 4. The smallest absolute Gasteiger partial charge is 0.343 e. The third-order valence-electron chi connectivity index (χ3n) is 4.30. The molecule has 24 heavy (non-hydrogen) atoms. The lowest BCUT2D eigenvalue weighted by Gasteiger charge is -2.26. The topological polar surface area (TPSA) is 38.8 Å². The molecule has 0 unspecified atom stereocenters. The van der Waals surface area contributed by atoms with E-state index in [9.17, 15) is 4.79 Å². The van der Waals surface area contributed by atoms with Crippen molar-refractivity contribution in [2.45, 2.75) is 20.4 Å². The zero-order valence-corrected chi connectivity index (χ0v) is 14.2. The number of rotatable bonds is 4. The van der Waals surface area contributed by atoms with Crippen LogP contribution < -0.4 is 4.74 Å². The van der Waals surface area contributed by atoms with E-state index in [-0.39, 0.29) is 5.97 Å². The SMILES string of the molecule is Cc1cccc(C)c1OC(=O)c1ccc(CN2CCOCC2)cc1. The standard InChI is InChI=1S/C20H23NO3/c1-15-4-3-5-16(2)19(15)24-20(22)18-8-6-17(7-9-18)14-21-10-12-23-13-11-21/h3-9H,10-14H2,1-2H3. The monoisotopic (exact) mass is 325 g/mol. The van der Waals surface area contributed by atoms with E-state index in [0.717, 1.165) is 44.0 Å². The summed E-state index contributed by atoms with van der Waals surface area (Å²) >= 11 is 0. The Kier molecular flexibility index (Phi) is 5.28. The van der Waals surface area contributed by atoms with Gasteiger partial charge in [0.2, 0.25) is 0 Å². The minimum atomic E-state index is -0.315. The molecule has 2 aromatic rings. The average molecular weight is 325 g/mol. The summed E-state index contributed by atoms with van der Waals surface area (Å²) in [6.07, 6.45) is 0. The molecule has 0 N–H and O–H groups in total. The van der Waals surface area contributed by atoms with Crippen LogP contribution in [0.2, 0.25) is 0 Å². The Bertz CT molecular complexity index is 683. The summed E-state index contributed by atoms with van der Waals surface area (Å²) in [5.74, 6) is 0.338. The van der Waals surface area contributed by atoms with Gasteiger partial charge >= 0.3 is 5.97 Å². The number of carbonyl (C=O) groups is 1. The maximum absolute atomic E-state index is 12.4. The van der Waals surface area contributed by atoms with Crippen molar-refractivity contribution >= 4 is 5.97 Å². The van der Waals surface area contributed by atoms with Crippen molar-refractivity contribution in [1.82, 2.24) is 4.90 Å². The van der Waals surface area contributed by atoms with E-state index in [4.69, 9.17) is 9.47 Å². The molecule has 1 fully saturated rings. The molecule has 0 aromatic heterocycles. The van der Waals surface area contributed by atoms with Gasteiger partial charge in [0.05, 0.1) is 18.8 Å². The van der Waals surface area contributed by atoms with Crippen LogP contribution in [-0.2, 0) is 11.3 Å². The van der Waals surface area contributed by atoms with Gasteiger partial charge < -0.3 is 9.47 Å². The fraction of sp³-hybridized carbons (Fsp3) is 0.350. The normalized spacial score (nSPS) is 15.2. The Morgan fingerprint density at radius 2 is 1.67 bits per heavy atom. The van der Waals surface area contributed by atoms with Crippen molar-refractivity contribution in [2.75, 3.05) is 26.3 Å². The third-order valence-corrected chi connectivity index (χ3v) is 4.30. The molecule has 1 saturated heterocycles. The Morgan fingerprint density at radius 3 is 2.29 bits per heavy atom. The lowest BCUT2D eigenvalue weighted by Crippen LogP contribution is -2.35. The molecule has 126 valence electrons. The molecule has 0 spiro atoms. The van der Waals surface area contributed by atoms with E-state index in [1.807, 2.05) is 56.3 Å². The van der Waals surface area contributed by atoms with E-state index >= 15 is 0 Å². The molecule has 1 heterocycles. The van der Waals surface area contributed by atoms with E-state index in [0.29, 0.717) is 11.3 Å². The number of nitrogens with zero attached hydrogens (tertiary/aromatic N) is 1. The van der Waals surface area contributed by atoms with Crippen molar-refractivity contribution in [3.8, 4) is 5.75 Å². The zero-order valence-electron chi connectivity index (χ0n) is 14.2. The van der Waals surface area contributed by atoms with Gasteiger partial charge in [-0.15, -0.1) is 0 Å². The van der Waals surface area contributed by atoms with Crippen LogP contribution in [0.4, 0.5) is 0 Å². The van der Waals surface area contributed by atoms with Gasteiger partial charge in [0.1, 0.15) is 5.75 Å². The number of benzene rings is 2. The molecule has 4 heteroatoms. The first-order valence-corrected chi connectivity index (χ1v) is 8.31. The molecule has 0 atom stereocenters. The van der Waals surface area contributed by atoms with Crippen molar-refractivity contribution in [3.05, 3.63) is 64.7 Å². The van der Waals surface area contributed by atoms with Crippen molar-refractivity contribution in [1.29, 1.82) is 0 Å². The fourth-order valence-electron chi connectivity index (χ4n) is 2.88. The van der Waals surface area contributed by atoms with Crippen LogP contribution in [0, 0.1) is 13.8 Å². The predicted octanol–water partition coefficient (Wildman–Crippen LogP) is 3.35. The summed E-state index contributed by atoms with van der Waals surface area (Å²) in [5, 5.41) is 0. The Labute approximate surface area is 143 Å². The van der Waals surface area contributed by atoms with Gasteiger partial charge in [-0.2, -0.15) is 0 Å². The second kappa shape index (κ2) is 7.60. The molecule has 0 amide bonds. The Morgan fingerprint density at radius 1 is 1.04 bits per heavy atom. The molecular weight excluding hydrogens is 302 g/mol. The highest BCUT2D eigenvalue weighted by Gasteiger charge is 2.14. The largest absolute Gasteiger partial charge is 0.422 e. The maximum atomic E-state index is 12.4. The summed E-state index contributed by atoms with van der Waals surface area (Å²) in [6.45, 7) is 8.27. The van der Waals surface area contributed by atoms with Crippen molar-refractivity contribution in [2.24, 2.45) is 0 Å². The van der Waals surface area contributed by atoms with Crippen LogP contribution in [0.5, 0.6) is 5.75 Å². The Balaban J connectivity index is 1.65. The van der Waals surface area contributed by atoms with Crippen LogP contribution in [0.3, 0.4) is 0 Å². The van der Waals surface area contributed by atoms with Crippen molar-refractivity contribution in [3.63, 3.8) is 0 Å². The predicted molar refractivity (Wildman–Crippen MR) is 93.4 cm³/mol. The second-order valence-corrected chi connectivity index (χ2v) is 6.20. The molecular formula is C20H23NO3. The summed E-state index contributed by atoms with van der Waals surface area (Å²) in [5.41, 5.74) is 3.70. The highest BCUT2D eigenvalue weighted by atomic mass is 16.5.